The number of pyridine rings is 1. The number of alkyl halides is 3. The monoisotopic (exact) mass is 532 g/mol. The molecule has 0 radical (unpaired) electrons. The second-order valence-electron chi connectivity index (χ2n) is 7.61. The maximum atomic E-state index is 15.3. The predicted octanol–water partition coefficient (Wildman–Crippen LogP) is 2.88. The van der Waals surface area contributed by atoms with Gasteiger partial charge in [0.2, 0.25) is 5.91 Å². The molecule has 1 aliphatic rings. The molecule has 0 saturated heterocycles. The molecular formula is C21H17Cl2F3N4O5. The lowest BCUT2D eigenvalue weighted by atomic mass is 10.0. The number of nitrogens with one attached hydrogen (secondary N) is 1. The number of aromatic nitrogens is 1. The van der Waals surface area contributed by atoms with Gasteiger partial charge < -0.3 is 21.1 Å². The van der Waals surface area contributed by atoms with Gasteiger partial charge in [-0.2, -0.15) is 0 Å². The average Bonchev–Trinajstić information content (AvgIpc) is 3.08. The van der Waals surface area contributed by atoms with Gasteiger partial charge in [-0.3, -0.25) is 24.2 Å². The third kappa shape index (κ3) is 5.33. The van der Waals surface area contributed by atoms with Crippen molar-refractivity contribution >= 4 is 46.9 Å². The highest BCUT2D eigenvalue weighted by molar-refractivity contribution is 6.34. The Labute approximate surface area is 206 Å². The van der Waals surface area contributed by atoms with Crippen molar-refractivity contribution in [1.29, 1.82) is 0 Å². The number of halogens is 5. The Balaban J connectivity index is 1.86. The first-order valence-electron chi connectivity index (χ1n) is 9.91. The summed E-state index contributed by atoms with van der Waals surface area (Å²) >= 11 is 11.5. The normalized spacial score (nSPS) is 15.5. The number of hydrogen-bond acceptors (Lipinski definition) is 5. The fourth-order valence-electron chi connectivity index (χ4n) is 3.58. The molecular weight excluding hydrogens is 516 g/mol. The van der Waals surface area contributed by atoms with Crippen LogP contribution in [0.2, 0.25) is 10.0 Å². The van der Waals surface area contributed by atoms with E-state index in [0.29, 0.717) is 0 Å². The zero-order valence-electron chi connectivity index (χ0n) is 17.6. The number of nitrogens with zero attached hydrogens (tertiary/aromatic N) is 2. The molecule has 0 fully saturated rings. The Morgan fingerprint density at radius 2 is 1.94 bits per heavy atom. The molecule has 4 N–H and O–H groups in total. The standard InChI is InChI=1S/C21H17Cl2F3N4O5/c22-11-6-13(23)16(28-7-11)21(26,20(24)25)29-18(34)9-1-2-12-10(5-9)8-30(19(12)35)14(17(27)33)3-4-15(31)32/h1-2,5-7,14,20H,3-4,8H2,(H2,27,33)(H,29,34)(H,31,32). The molecule has 0 spiro atoms. The predicted molar refractivity (Wildman–Crippen MR) is 117 cm³/mol. The van der Waals surface area contributed by atoms with Crippen LogP contribution < -0.4 is 11.1 Å². The van der Waals surface area contributed by atoms with Crippen LogP contribution in [0.1, 0.15) is 44.8 Å². The summed E-state index contributed by atoms with van der Waals surface area (Å²) < 4.78 is 42.7. The number of carboxylic acids is 1. The van der Waals surface area contributed by atoms with Crippen molar-refractivity contribution in [3.05, 3.63) is 62.9 Å². The summed E-state index contributed by atoms with van der Waals surface area (Å²) in [6.45, 7) is -0.206. The lowest BCUT2D eigenvalue weighted by Gasteiger charge is -2.26. The summed E-state index contributed by atoms with van der Waals surface area (Å²) in [4.78, 5) is 52.6. The van der Waals surface area contributed by atoms with E-state index in [0.717, 1.165) is 23.2 Å². The van der Waals surface area contributed by atoms with E-state index < -0.39 is 59.1 Å². The second-order valence-corrected chi connectivity index (χ2v) is 8.45. The minimum atomic E-state index is -3.76. The number of rotatable bonds is 9. The average molecular weight is 533 g/mol. The molecule has 186 valence electrons. The lowest BCUT2D eigenvalue weighted by molar-refractivity contribution is -0.137. The number of amides is 3. The maximum Gasteiger partial charge on any atom is 0.303 e. The maximum absolute atomic E-state index is 15.3. The fraction of sp³-hybridized carbons (Fsp3) is 0.286. The van der Waals surface area contributed by atoms with E-state index in [1.807, 2.05) is 0 Å². The van der Waals surface area contributed by atoms with Gasteiger partial charge >= 0.3 is 5.97 Å². The van der Waals surface area contributed by atoms with E-state index in [4.69, 9.17) is 34.0 Å². The molecule has 3 amide bonds. The zero-order chi connectivity index (χ0) is 26.1. The molecule has 0 saturated carbocycles. The van der Waals surface area contributed by atoms with Crippen molar-refractivity contribution in [3.63, 3.8) is 0 Å². The van der Waals surface area contributed by atoms with Gasteiger partial charge in [0.25, 0.3) is 24.0 Å². The van der Waals surface area contributed by atoms with Gasteiger partial charge in [0.05, 0.1) is 10.0 Å². The van der Waals surface area contributed by atoms with E-state index >= 15 is 4.39 Å². The van der Waals surface area contributed by atoms with Crippen LogP contribution in [0, 0.1) is 0 Å². The molecule has 1 aromatic carbocycles. The molecule has 1 aliphatic heterocycles. The summed E-state index contributed by atoms with van der Waals surface area (Å²) in [5.74, 6) is -7.76. The summed E-state index contributed by atoms with van der Waals surface area (Å²) in [6.07, 6.45) is -3.52. The Morgan fingerprint density at radius 1 is 1.26 bits per heavy atom. The summed E-state index contributed by atoms with van der Waals surface area (Å²) in [5, 5.41) is 9.89. The van der Waals surface area contributed by atoms with Crippen LogP contribution in [-0.4, -0.2) is 51.1 Å². The van der Waals surface area contributed by atoms with Crippen LogP contribution in [0.25, 0.3) is 0 Å². The number of fused-ring (bicyclic) bond motifs is 1. The molecule has 35 heavy (non-hydrogen) atoms. The van der Waals surface area contributed by atoms with Gasteiger partial charge in [0.15, 0.2) is 0 Å². The molecule has 2 unspecified atom stereocenters. The van der Waals surface area contributed by atoms with Gasteiger partial charge in [0.1, 0.15) is 11.7 Å². The van der Waals surface area contributed by atoms with E-state index in [1.165, 1.54) is 12.1 Å². The number of hydrogen-bond donors (Lipinski definition) is 3. The molecule has 1 aromatic heterocycles. The quantitative estimate of drug-likeness (QED) is 0.423. The number of carboxylic acid groups (broad SMARTS) is 1. The molecule has 9 nitrogen and oxygen atoms in total. The topological polar surface area (TPSA) is 143 Å². The number of nitrogens with two attached hydrogens (primary N) is 1. The molecule has 3 rings (SSSR count). The first-order valence-corrected chi connectivity index (χ1v) is 10.7. The third-order valence-electron chi connectivity index (χ3n) is 5.28. The summed E-state index contributed by atoms with van der Waals surface area (Å²) in [7, 11) is 0. The van der Waals surface area contributed by atoms with Crippen molar-refractivity contribution in [2.24, 2.45) is 5.73 Å². The minimum Gasteiger partial charge on any atom is -0.481 e. The van der Waals surface area contributed by atoms with E-state index in [-0.39, 0.29) is 34.7 Å². The zero-order valence-corrected chi connectivity index (χ0v) is 19.1. The number of benzene rings is 1. The van der Waals surface area contributed by atoms with Crippen molar-refractivity contribution < 1.29 is 37.5 Å². The van der Waals surface area contributed by atoms with Crippen molar-refractivity contribution in [2.45, 2.75) is 37.6 Å². The Bertz CT molecular complexity index is 1220. The molecule has 14 heteroatoms. The largest absolute Gasteiger partial charge is 0.481 e. The molecule has 2 heterocycles. The first-order chi connectivity index (χ1) is 16.3. The SMILES string of the molecule is NC(=O)C(CCC(=O)O)N1Cc2cc(C(=O)NC(F)(c3ncc(Cl)cc3Cl)C(F)F)ccc2C1=O. The second kappa shape index (κ2) is 10.1. The summed E-state index contributed by atoms with van der Waals surface area (Å²) in [5.41, 5.74) is 4.43. The molecule has 0 aliphatic carbocycles. The number of primary amides is 1. The first kappa shape index (κ1) is 26.2. The van der Waals surface area contributed by atoms with Crippen LogP contribution in [0.4, 0.5) is 13.2 Å². The highest BCUT2D eigenvalue weighted by Crippen LogP contribution is 2.35. The Morgan fingerprint density at radius 3 is 2.51 bits per heavy atom. The number of aliphatic carboxylic acids is 1. The third-order valence-corrected chi connectivity index (χ3v) is 5.78. The van der Waals surface area contributed by atoms with Crippen LogP contribution in [-0.2, 0) is 21.9 Å². The number of carbonyl (C=O) groups is 4. The van der Waals surface area contributed by atoms with E-state index in [2.05, 4.69) is 4.98 Å². The summed E-state index contributed by atoms with van der Waals surface area (Å²) in [6, 6.07) is 3.25. The molecule has 0 bridgehead atoms. The van der Waals surface area contributed by atoms with Gasteiger partial charge in [-0.1, -0.05) is 23.2 Å². The molecule has 2 aromatic rings. The van der Waals surface area contributed by atoms with Gasteiger partial charge in [-0.05, 0) is 36.2 Å². The number of carbonyl (C=O) groups excluding carboxylic acids is 3. The van der Waals surface area contributed by atoms with Crippen molar-refractivity contribution in [2.75, 3.05) is 0 Å². The van der Waals surface area contributed by atoms with E-state index in [1.54, 1.807) is 5.32 Å². The highest BCUT2D eigenvalue weighted by Gasteiger charge is 2.47. The van der Waals surface area contributed by atoms with Gasteiger partial charge in [-0.15, -0.1) is 0 Å². The van der Waals surface area contributed by atoms with Gasteiger partial charge in [0, 0.05) is 30.3 Å². The van der Waals surface area contributed by atoms with Gasteiger partial charge in [-0.25, -0.2) is 13.2 Å². The molecule has 2 atom stereocenters. The van der Waals surface area contributed by atoms with Crippen molar-refractivity contribution in [3.8, 4) is 0 Å². The highest BCUT2D eigenvalue weighted by atomic mass is 35.5. The van der Waals surface area contributed by atoms with Crippen LogP contribution in [0.5, 0.6) is 0 Å². The van der Waals surface area contributed by atoms with Crippen LogP contribution in [0.15, 0.2) is 30.5 Å². The Kier molecular flexibility index (Phi) is 7.56. The van der Waals surface area contributed by atoms with Crippen LogP contribution in [0.3, 0.4) is 0 Å². The lowest BCUT2D eigenvalue weighted by Crippen LogP contribution is -2.48. The minimum absolute atomic E-state index is 0.0350. The fourth-order valence-corrected chi connectivity index (χ4v) is 4.10. The Hall–Kier alpha value is -3.38. The smallest absolute Gasteiger partial charge is 0.303 e. The van der Waals surface area contributed by atoms with E-state index in [9.17, 15) is 28.0 Å². The van der Waals surface area contributed by atoms with Crippen molar-refractivity contribution in [1.82, 2.24) is 15.2 Å². The van der Waals surface area contributed by atoms with Crippen LogP contribution >= 0.6 is 23.2 Å².